The predicted molar refractivity (Wildman–Crippen MR) is 132 cm³/mol. The molecule has 0 bridgehead atoms. The average molecular weight is 474 g/mol. The summed E-state index contributed by atoms with van der Waals surface area (Å²) in [5.74, 6) is -0.476. The molecule has 1 fully saturated rings. The Labute approximate surface area is 201 Å². The van der Waals surface area contributed by atoms with Crippen LogP contribution < -0.4 is 5.63 Å². The van der Waals surface area contributed by atoms with E-state index in [2.05, 4.69) is 0 Å². The van der Waals surface area contributed by atoms with Crippen LogP contribution in [0.5, 0.6) is 0 Å². The summed E-state index contributed by atoms with van der Waals surface area (Å²) in [6.07, 6.45) is 1.37. The Kier molecular flexibility index (Phi) is 5.93. The molecule has 180 valence electrons. The highest BCUT2D eigenvalue weighted by molar-refractivity contribution is 6.03. The van der Waals surface area contributed by atoms with Gasteiger partial charge in [0.25, 0.3) is 0 Å². The van der Waals surface area contributed by atoms with Crippen LogP contribution in [0.15, 0.2) is 56.1 Å². The second-order valence-corrected chi connectivity index (χ2v) is 9.23. The number of carbonyl (C=O) groups excluding carboxylic acids is 1. The molecule has 7 heteroatoms. The smallest absolute Gasteiger partial charge is 0.339 e. The molecule has 0 spiro atoms. The molecule has 0 aliphatic carbocycles. The van der Waals surface area contributed by atoms with E-state index in [1.165, 1.54) is 0 Å². The van der Waals surface area contributed by atoms with Crippen molar-refractivity contribution in [3.05, 3.63) is 69.8 Å². The molecule has 1 N–H and O–H groups in total. The molecular formula is C28H27NO6. The third-order valence-electron chi connectivity index (χ3n) is 7.12. The van der Waals surface area contributed by atoms with Gasteiger partial charge in [-0.2, -0.15) is 0 Å². The van der Waals surface area contributed by atoms with Gasteiger partial charge in [-0.15, -0.1) is 0 Å². The lowest BCUT2D eigenvalue weighted by molar-refractivity contribution is -0.145. The number of nitrogens with zero attached hydrogens (tertiary/aromatic N) is 1. The minimum Gasteiger partial charge on any atom is -0.481 e. The maximum Gasteiger partial charge on any atom is 0.339 e. The van der Waals surface area contributed by atoms with Gasteiger partial charge in [0.2, 0.25) is 5.91 Å². The van der Waals surface area contributed by atoms with Gasteiger partial charge >= 0.3 is 11.6 Å². The topological polar surface area (TPSA) is 101 Å². The first-order chi connectivity index (χ1) is 16.8. The molecule has 1 saturated heterocycles. The van der Waals surface area contributed by atoms with E-state index in [1.807, 2.05) is 50.2 Å². The molecule has 1 aliphatic heterocycles. The third kappa shape index (κ3) is 4.22. The lowest BCUT2D eigenvalue weighted by Gasteiger charge is -2.30. The number of amides is 1. The third-order valence-corrected chi connectivity index (χ3v) is 7.12. The van der Waals surface area contributed by atoms with Crippen LogP contribution in [-0.2, 0) is 16.0 Å². The number of carboxylic acid groups (broad SMARTS) is 1. The fraction of sp³-hybridized carbons (Fsp3) is 0.321. The van der Waals surface area contributed by atoms with Gasteiger partial charge in [0, 0.05) is 47.5 Å². The summed E-state index contributed by atoms with van der Waals surface area (Å²) in [6, 6.07) is 13.8. The summed E-state index contributed by atoms with van der Waals surface area (Å²) in [4.78, 5) is 38.4. The molecule has 1 amide bonds. The normalized spacial score (nSPS) is 14.6. The standard InChI is InChI=1S/C28H27NO6/c1-16-20(8-9-25(30)29-12-10-19(11-13-29)27(31)32)28(33)35-23-15-24-22(14-21(16)23)26(17(2)34-24)18-6-4-3-5-7-18/h3-7,14-15,19H,8-13H2,1-2H3,(H,31,32). The Balaban J connectivity index is 1.44. The van der Waals surface area contributed by atoms with Crippen molar-refractivity contribution >= 4 is 33.8 Å². The summed E-state index contributed by atoms with van der Waals surface area (Å²) in [5, 5.41) is 10.9. The van der Waals surface area contributed by atoms with Gasteiger partial charge < -0.3 is 18.8 Å². The first kappa shape index (κ1) is 22.9. The van der Waals surface area contributed by atoms with Crippen molar-refractivity contribution in [3.63, 3.8) is 0 Å². The highest BCUT2D eigenvalue weighted by Crippen LogP contribution is 2.37. The zero-order chi connectivity index (χ0) is 24.7. The molecular weight excluding hydrogens is 446 g/mol. The number of hydrogen-bond acceptors (Lipinski definition) is 5. The zero-order valence-corrected chi connectivity index (χ0v) is 19.8. The maximum absolute atomic E-state index is 12.8. The van der Waals surface area contributed by atoms with Crippen molar-refractivity contribution in [1.29, 1.82) is 0 Å². The molecule has 0 unspecified atom stereocenters. The Bertz CT molecular complexity index is 1490. The molecule has 35 heavy (non-hydrogen) atoms. The minimum absolute atomic E-state index is 0.0694. The van der Waals surface area contributed by atoms with E-state index in [-0.39, 0.29) is 18.7 Å². The van der Waals surface area contributed by atoms with E-state index in [9.17, 15) is 14.4 Å². The molecule has 2 aromatic carbocycles. The molecule has 4 aromatic rings. The van der Waals surface area contributed by atoms with Crippen molar-refractivity contribution in [2.45, 2.75) is 39.5 Å². The summed E-state index contributed by atoms with van der Waals surface area (Å²) in [5.41, 5.74) is 4.02. The lowest BCUT2D eigenvalue weighted by Crippen LogP contribution is -2.40. The highest BCUT2D eigenvalue weighted by atomic mass is 16.4. The van der Waals surface area contributed by atoms with Gasteiger partial charge in [0.1, 0.15) is 16.9 Å². The van der Waals surface area contributed by atoms with Crippen molar-refractivity contribution in [2.24, 2.45) is 5.92 Å². The van der Waals surface area contributed by atoms with E-state index >= 15 is 0 Å². The maximum atomic E-state index is 12.8. The van der Waals surface area contributed by atoms with Gasteiger partial charge in [-0.1, -0.05) is 30.3 Å². The number of likely N-dealkylation sites (tertiary alicyclic amines) is 1. The van der Waals surface area contributed by atoms with Crippen molar-refractivity contribution in [3.8, 4) is 11.1 Å². The molecule has 0 saturated carbocycles. The second kappa shape index (κ2) is 9.06. The number of hydrogen-bond donors (Lipinski definition) is 1. The quantitative estimate of drug-likeness (QED) is 0.406. The number of aliphatic carboxylic acids is 1. The molecule has 1 aliphatic rings. The van der Waals surface area contributed by atoms with Crippen LogP contribution in [0.2, 0.25) is 0 Å². The van der Waals surface area contributed by atoms with Crippen LogP contribution in [-0.4, -0.2) is 35.0 Å². The van der Waals surface area contributed by atoms with Crippen molar-refractivity contribution < 1.29 is 23.5 Å². The highest BCUT2D eigenvalue weighted by Gasteiger charge is 2.27. The monoisotopic (exact) mass is 473 g/mol. The van der Waals surface area contributed by atoms with Gasteiger partial charge in [0.15, 0.2) is 0 Å². The summed E-state index contributed by atoms with van der Waals surface area (Å²) in [7, 11) is 0. The summed E-state index contributed by atoms with van der Waals surface area (Å²) >= 11 is 0. The van der Waals surface area contributed by atoms with Gasteiger partial charge in [-0.25, -0.2) is 4.79 Å². The number of carbonyl (C=O) groups is 2. The SMILES string of the molecule is Cc1oc2cc3oc(=O)c(CCC(=O)N4CCC(C(=O)O)CC4)c(C)c3cc2c1-c1ccccc1. The zero-order valence-electron chi connectivity index (χ0n) is 19.8. The van der Waals surface area contributed by atoms with Gasteiger partial charge in [-0.05, 0) is 50.3 Å². The minimum atomic E-state index is -0.807. The predicted octanol–water partition coefficient (Wildman–Crippen LogP) is 5.08. The van der Waals surface area contributed by atoms with Crippen LogP contribution in [0.1, 0.15) is 36.1 Å². The van der Waals surface area contributed by atoms with E-state index in [1.54, 1.807) is 11.0 Å². The fourth-order valence-corrected chi connectivity index (χ4v) is 5.12. The lowest BCUT2D eigenvalue weighted by atomic mass is 9.96. The van der Waals surface area contributed by atoms with Crippen LogP contribution in [0.4, 0.5) is 0 Å². The van der Waals surface area contributed by atoms with Crippen molar-refractivity contribution in [1.82, 2.24) is 4.90 Å². The Morgan fingerprint density at radius 2 is 1.69 bits per heavy atom. The van der Waals surface area contributed by atoms with Gasteiger partial charge in [0.05, 0.1) is 5.92 Å². The summed E-state index contributed by atoms with van der Waals surface area (Å²) < 4.78 is 11.6. The number of fused-ring (bicyclic) bond motifs is 2. The second-order valence-electron chi connectivity index (χ2n) is 9.23. The number of aryl methyl sites for hydroxylation is 2. The summed E-state index contributed by atoms with van der Waals surface area (Å²) in [6.45, 7) is 4.67. The Hall–Kier alpha value is -3.87. The van der Waals surface area contributed by atoms with E-state index in [0.717, 1.165) is 33.2 Å². The molecule has 3 heterocycles. The molecule has 0 radical (unpaired) electrons. The van der Waals surface area contributed by atoms with E-state index in [0.29, 0.717) is 42.7 Å². The average Bonchev–Trinajstić information content (AvgIpc) is 3.17. The van der Waals surface area contributed by atoms with Crippen LogP contribution >= 0.6 is 0 Å². The van der Waals surface area contributed by atoms with Crippen LogP contribution in [0.25, 0.3) is 33.1 Å². The van der Waals surface area contributed by atoms with Crippen LogP contribution in [0, 0.1) is 19.8 Å². The Morgan fingerprint density at radius 1 is 1.00 bits per heavy atom. The number of rotatable bonds is 5. The van der Waals surface area contributed by atoms with Crippen molar-refractivity contribution in [2.75, 3.05) is 13.1 Å². The first-order valence-electron chi connectivity index (χ1n) is 11.9. The fourth-order valence-electron chi connectivity index (χ4n) is 5.12. The number of piperidine rings is 1. The molecule has 0 atom stereocenters. The van der Waals surface area contributed by atoms with Crippen LogP contribution in [0.3, 0.4) is 0 Å². The largest absolute Gasteiger partial charge is 0.481 e. The van der Waals surface area contributed by atoms with E-state index < -0.39 is 17.5 Å². The first-order valence-corrected chi connectivity index (χ1v) is 11.9. The molecule has 5 rings (SSSR count). The number of carboxylic acids is 1. The molecule has 2 aromatic heterocycles. The van der Waals surface area contributed by atoms with E-state index in [4.69, 9.17) is 13.9 Å². The number of furan rings is 1. The Morgan fingerprint density at radius 3 is 2.37 bits per heavy atom. The van der Waals surface area contributed by atoms with Gasteiger partial charge in [-0.3, -0.25) is 9.59 Å². The molecule has 7 nitrogen and oxygen atoms in total. The number of benzene rings is 2.